The number of hydrogen-bond donors (Lipinski definition) is 0. The van der Waals surface area contributed by atoms with Gasteiger partial charge in [0.2, 0.25) is 0 Å². The summed E-state index contributed by atoms with van der Waals surface area (Å²) in [5.41, 5.74) is 1.33. The highest BCUT2D eigenvalue weighted by atomic mass is 79.9. The molecule has 0 atom stereocenters. The van der Waals surface area contributed by atoms with Crippen molar-refractivity contribution >= 4 is 27.5 Å². The van der Waals surface area contributed by atoms with Gasteiger partial charge in [0.15, 0.2) is 0 Å². The maximum Gasteiger partial charge on any atom is 0.0597 e. The minimum absolute atomic E-state index is 0.0608. The molecule has 0 amide bonds. The molecule has 1 saturated heterocycles. The molecule has 1 aliphatic heterocycles. The van der Waals surface area contributed by atoms with Gasteiger partial charge in [-0.1, -0.05) is 28.1 Å². The van der Waals surface area contributed by atoms with Gasteiger partial charge in [-0.25, -0.2) is 0 Å². The Morgan fingerprint density at radius 3 is 2.69 bits per heavy atom. The maximum absolute atomic E-state index is 5.95. The van der Waals surface area contributed by atoms with Crippen LogP contribution in [-0.2, 0) is 10.2 Å². The second-order valence-corrected chi connectivity index (χ2v) is 4.60. The van der Waals surface area contributed by atoms with Gasteiger partial charge in [0.1, 0.15) is 0 Å². The summed E-state index contributed by atoms with van der Waals surface area (Å²) in [5.74, 6) is 0.628. The van der Waals surface area contributed by atoms with E-state index in [4.69, 9.17) is 16.3 Å². The highest BCUT2D eigenvalue weighted by Gasteiger charge is 2.39. The Balaban J connectivity index is 2.33. The lowest BCUT2D eigenvalue weighted by atomic mass is 9.81. The number of rotatable bonds is 2. The second-order valence-electron chi connectivity index (χ2n) is 3.42. The Morgan fingerprint density at radius 1 is 1.46 bits per heavy atom. The third kappa shape index (κ3) is 1.63. The number of alkyl halides is 1. The molecule has 1 aliphatic rings. The van der Waals surface area contributed by atoms with Crippen molar-refractivity contribution in [3.63, 3.8) is 0 Å². The smallest absolute Gasteiger partial charge is 0.0597 e. The van der Waals surface area contributed by atoms with Crippen LogP contribution in [0.5, 0.6) is 0 Å². The van der Waals surface area contributed by atoms with Crippen LogP contribution in [0.4, 0.5) is 0 Å². The first-order chi connectivity index (χ1) is 6.27. The molecule has 1 nitrogen and oxygen atoms in total. The third-order valence-corrected chi connectivity index (χ3v) is 3.45. The van der Waals surface area contributed by atoms with Gasteiger partial charge in [-0.2, -0.15) is 0 Å². The van der Waals surface area contributed by atoms with Gasteiger partial charge < -0.3 is 4.74 Å². The first-order valence-electron chi connectivity index (χ1n) is 4.17. The average Bonchev–Trinajstić information content (AvgIpc) is 2.03. The molecule has 13 heavy (non-hydrogen) atoms. The normalized spacial score (nSPS) is 19.5. The molecule has 0 spiro atoms. The summed E-state index contributed by atoms with van der Waals surface area (Å²) in [4.78, 5) is 0. The van der Waals surface area contributed by atoms with E-state index < -0.39 is 0 Å². The topological polar surface area (TPSA) is 9.23 Å². The van der Waals surface area contributed by atoms with Gasteiger partial charge in [-0.3, -0.25) is 0 Å². The van der Waals surface area contributed by atoms with Crippen LogP contribution in [0.2, 0.25) is 0 Å². The average molecular weight is 262 g/mol. The summed E-state index contributed by atoms with van der Waals surface area (Å²) in [6.07, 6.45) is 0. The van der Waals surface area contributed by atoms with Gasteiger partial charge in [-0.05, 0) is 17.7 Å². The van der Waals surface area contributed by atoms with Crippen LogP contribution in [0.15, 0.2) is 28.7 Å². The van der Waals surface area contributed by atoms with Crippen molar-refractivity contribution in [1.29, 1.82) is 0 Å². The summed E-state index contributed by atoms with van der Waals surface area (Å²) < 4.78 is 6.32. The monoisotopic (exact) mass is 260 g/mol. The Bertz CT molecular complexity index is 304. The molecule has 2 rings (SSSR count). The summed E-state index contributed by atoms with van der Waals surface area (Å²) in [6.45, 7) is 1.49. The minimum Gasteiger partial charge on any atom is -0.379 e. The van der Waals surface area contributed by atoms with E-state index in [9.17, 15) is 0 Å². The fraction of sp³-hybridized carbons (Fsp3) is 0.400. The first-order valence-corrected chi connectivity index (χ1v) is 5.49. The Morgan fingerprint density at radius 2 is 2.23 bits per heavy atom. The molecule has 1 fully saturated rings. The molecule has 0 radical (unpaired) electrons. The van der Waals surface area contributed by atoms with Crippen LogP contribution < -0.4 is 0 Å². The predicted molar refractivity (Wildman–Crippen MR) is 57.4 cm³/mol. The van der Waals surface area contributed by atoms with E-state index in [2.05, 4.69) is 28.1 Å². The van der Waals surface area contributed by atoms with Crippen LogP contribution in [-0.4, -0.2) is 19.1 Å². The van der Waals surface area contributed by atoms with E-state index >= 15 is 0 Å². The number of halogens is 2. The van der Waals surface area contributed by atoms with Gasteiger partial charge in [0.05, 0.1) is 18.6 Å². The molecule has 0 aliphatic carbocycles. The van der Waals surface area contributed by atoms with Crippen molar-refractivity contribution in [3.05, 3.63) is 34.3 Å². The van der Waals surface area contributed by atoms with Crippen LogP contribution in [0, 0.1) is 0 Å². The number of benzene rings is 1. The molecule has 0 unspecified atom stereocenters. The molecule has 3 heteroatoms. The summed E-state index contributed by atoms with van der Waals surface area (Å²) in [6, 6.07) is 8.28. The lowest BCUT2D eigenvalue weighted by molar-refractivity contribution is -0.0480. The van der Waals surface area contributed by atoms with Crippen molar-refractivity contribution in [2.75, 3.05) is 19.1 Å². The Kier molecular flexibility index (Phi) is 2.63. The highest BCUT2D eigenvalue weighted by molar-refractivity contribution is 9.10. The first kappa shape index (κ1) is 9.50. The summed E-state index contributed by atoms with van der Waals surface area (Å²) in [7, 11) is 0. The molecule has 0 saturated carbocycles. The van der Waals surface area contributed by atoms with Gasteiger partial charge in [-0.15, -0.1) is 11.6 Å². The van der Waals surface area contributed by atoms with Crippen LogP contribution >= 0.6 is 27.5 Å². The zero-order valence-corrected chi connectivity index (χ0v) is 9.44. The zero-order valence-electron chi connectivity index (χ0n) is 7.09. The molecule has 0 N–H and O–H groups in total. The van der Waals surface area contributed by atoms with Crippen molar-refractivity contribution in [3.8, 4) is 0 Å². The van der Waals surface area contributed by atoms with Gasteiger partial charge >= 0.3 is 0 Å². The van der Waals surface area contributed by atoms with E-state index in [1.165, 1.54) is 5.56 Å². The van der Waals surface area contributed by atoms with Crippen LogP contribution in [0.1, 0.15) is 5.56 Å². The second kappa shape index (κ2) is 3.60. The number of ether oxygens (including phenoxy) is 1. The molecule has 70 valence electrons. The van der Waals surface area contributed by atoms with E-state index in [1.807, 2.05) is 12.1 Å². The lowest BCUT2D eigenvalue weighted by Gasteiger charge is -2.40. The molecule has 1 aromatic rings. The SMILES string of the molecule is ClCC1(c2cccc(Br)c2)COC1. The third-order valence-electron chi connectivity index (χ3n) is 2.45. The van der Waals surface area contributed by atoms with Crippen LogP contribution in [0.3, 0.4) is 0 Å². The Hall–Kier alpha value is -0.0500. The minimum atomic E-state index is 0.0608. The fourth-order valence-electron chi connectivity index (χ4n) is 1.49. The predicted octanol–water partition coefficient (Wildman–Crippen LogP) is 2.96. The molecular formula is C10H10BrClO. The maximum atomic E-state index is 5.95. The quantitative estimate of drug-likeness (QED) is 0.744. The molecule has 1 aromatic carbocycles. The van der Waals surface area contributed by atoms with Crippen molar-refractivity contribution in [2.45, 2.75) is 5.41 Å². The van der Waals surface area contributed by atoms with E-state index in [-0.39, 0.29) is 5.41 Å². The van der Waals surface area contributed by atoms with Crippen molar-refractivity contribution in [1.82, 2.24) is 0 Å². The van der Waals surface area contributed by atoms with E-state index in [0.29, 0.717) is 5.88 Å². The lowest BCUT2D eigenvalue weighted by Crippen LogP contribution is -2.48. The largest absolute Gasteiger partial charge is 0.379 e. The summed E-state index contributed by atoms with van der Waals surface area (Å²) in [5, 5.41) is 0. The standard InChI is InChI=1S/C10H10BrClO/c11-9-3-1-2-8(4-9)10(5-12)6-13-7-10/h1-4H,5-7H2. The molecule has 1 heterocycles. The summed E-state index contributed by atoms with van der Waals surface area (Å²) >= 11 is 9.40. The molecule has 0 bridgehead atoms. The molecule has 0 aromatic heterocycles. The fourth-order valence-corrected chi connectivity index (χ4v) is 2.20. The van der Waals surface area contributed by atoms with Gasteiger partial charge in [0.25, 0.3) is 0 Å². The van der Waals surface area contributed by atoms with E-state index in [1.54, 1.807) is 0 Å². The van der Waals surface area contributed by atoms with Crippen LogP contribution in [0.25, 0.3) is 0 Å². The number of hydrogen-bond acceptors (Lipinski definition) is 1. The van der Waals surface area contributed by atoms with Gasteiger partial charge in [0, 0.05) is 10.4 Å². The Labute approximate surface area is 91.2 Å². The highest BCUT2D eigenvalue weighted by Crippen LogP contribution is 2.34. The van der Waals surface area contributed by atoms with Crippen molar-refractivity contribution in [2.24, 2.45) is 0 Å². The van der Waals surface area contributed by atoms with E-state index in [0.717, 1.165) is 17.7 Å². The van der Waals surface area contributed by atoms with Crippen molar-refractivity contribution < 1.29 is 4.74 Å². The zero-order chi connectivity index (χ0) is 9.31. The molecular weight excluding hydrogens is 251 g/mol.